The number of aromatic nitrogens is 3. The highest BCUT2D eigenvalue weighted by Crippen LogP contribution is 2.23. The highest BCUT2D eigenvalue weighted by molar-refractivity contribution is 6.31. The predicted molar refractivity (Wildman–Crippen MR) is 93.3 cm³/mol. The molecule has 0 aliphatic heterocycles. The van der Waals surface area contributed by atoms with E-state index in [1.165, 1.54) is 18.4 Å². The molecule has 3 aromatic heterocycles. The van der Waals surface area contributed by atoms with Gasteiger partial charge in [-0.3, -0.25) is 4.79 Å². The fourth-order valence-corrected chi connectivity index (χ4v) is 2.79. The molecule has 4 aromatic rings. The molecule has 0 unspecified atom stereocenters. The van der Waals surface area contributed by atoms with Crippen LogP contribution in [-0.2, 0) is 6.54 Å². The minimum absolute atomic E-state index is 0.0258. The first-order valence-corrected chi connectivity index (χ1v) is 8.10. The second-order valence-corrected chi connectivity index (χ2v) is 5.93. The summed E-state index contributed by atoms with van der Waals surface area (Å²) < 4.78 is 20.9. The molecule has 0 bridgehead atoms. The second kappa shape index (κ2) is 6.61. The Morgan fingerprint density at radius 1 is 1.31 bits per heavy atom. The van der Waals surface area contributed by atoms with Crippen molar-refractivity contribution in [3.8, 4) is 11.5 Å². The van der Waals surface area contributed by atoms with Crippen LogP contribution >= 0.6 is 11.6 Å². The van der Waals surface area contributed by atoms with E-state index in [2.05, 4.69) is 15.4 Å². The Morgan fingerprint density at radius 3 is 3.04 bits per heavy atom. The average molecular weight is 371 g/mol. The first-order valence-electron chi connectivity index (χ1n) is 7.72. The summed E-state index contributed by atoms with van der Waals surface area (Å²) in [6.07, 6.45) is 4.57. The number of furan rings is 1. The molecule has 0 spiro atoms. The van der Waals surface area contributed by atoms with E-state index in [1.54, 1.807) is 35.1 Å². The number of halogens is 2. The Labute approximate surface area is 152 Å². The third kappa shape index (κ3) is 2.93. The van der Waals surface area contributed by atoms with Gasteiger partial charge < -0.3 is 9.73 Å². The second-order valence-electron chi connectivity index (χ2n) is 5.52. The molecular formula is C18H12ClFN4O2. The number of rotatable bonds is 4. The Balaban J connectivity index is 1.53. The summed E-state index contributed by atoms with van der Waals surface area (Å²) in [4.78, 5) is 16.5. The number of hydrogen-bond donors (Lipinski definition) is 1. The van der Waals surface area contributed by atoms with Crippen LogP contribution in [0, 0.1) is 5.82 Å². The summed E-state index contributed by atoms with van der Waals surface area (Å²) in [6.45, 7) is -0.0258. The molecule has 0 saturated heterocycles. The molecule has 1 N–H and O–H groups in total. The van der Waals surface area contributed by atoms with Crippen LogP contribution in [0.4, 0.5) is 4.39 Å². The number of nitrogens with zero attached hydrogens (tertiary/aromatic N) is 3. The topological polar surface area (TPSA) is 72.4 Å². The maximum Gasteiger partial charge on any atom is 0.254 e. The summed E-state index contributed by atoms with van der Waals surface area (Å²) in [5.41, 5.74) is 1.83. The predicted octanol–water partition coefficient (Wildman–Crippen LogP) is 3.71. The molecule has 0 saturated carbocycles. The van der Waals surface area contributed by atoms with Crippen LogP contribution in [-0.4, -0.2) is 20.5 Å². The Bertz CT molecular complexity index is 1090. The van der Waals surface area contributed by atoms with Crippen molar-refractivity contribution in [3.05, 3.63) is 77.0 Å². The number of hydrogen-bond acceptors (Lipinski definition) is 4. The third-order valence-corrected chi connectivity index (χ3v) is 4.23. The van der Waals surface area contributed by atoms with Crippen molar-refractivity contribution in [2.24, 2.45) is 0 Å². The number of benzene rings is 1. The van der Waals surface area contributed by atoms with Crippen molar-refractivity contribution in [1.29, 1.82) is 0 Å². The fraction of sp³-hybridized carbons (Fsp3) is 0.0556. The third-order valence-electron chi connectivity index (χ3n) is 3.88. The number of amides is 1. The largest absolute Gasteiger partial charge is 0.462 e. The van der Waals surface area contributed by atoms with Gasteiger partial charge in [0.2, 0.25) is 0 Å². The van der Waals surface area contributed by atoms with Gasteiger partial charge in [-0.05, 0) is 30.3 Å². The van der Waals surface area contributed by atoms with Crippen molar-refractivity contribution in [2.45, 2.75) is 6.54 Å². The van der Waals surface area contributed by atoms with Gasteiger partial charge in [-0.2, -0.15) is 5.10 Å². The zero-order valence-electron chi connectivity index (χ0n) is 13.3. The van der Waals surface area contributed by atoms with Gasteiger partial charge in [0.25, 0.3) is 5.91 Å². The van der Waals surface area contributed by atoms with Crippen LogP contribution in [0.1, 0.15) is 15.9 Å². The van der Waals surface area contributed by atoms with Crippen molar-refractivity contribution in [3.63, 3.8) is 0 Å². The van der Waals surface area contributed by atoms with Crippen LogP contribution < -0.4 is 5.32 Å². The zero-order valence-corrected chi connectivity index (χ0v) is 14.1. The van der Waals surface area contributed by atoms with E-state index in [9.17, 15) is 9.18 Å². The normalized spacial score (nSPS) is 11.0. The van der Waals surface area contributed by atoms with E-state index in [0.29, 0.717) is 22.7 Å². The van der Waals surface area contributed by atoms with E-state index in [0.717, 1.165) is 0 Å². The molecule has 26 heavy (non-hydrogen) atoms. The van der Waals surface area contributed by atoms with Crippen LogP contribution in [0.2, 0.25) is 5.02 Å². The lowest BCUT2D eigenvalue weighted by Gasteiger charge is -2.06. The molecule has 0 atom stereocenters. The van der Waals surface area contributed by atoms with E-state index in [4.69, 9.17) is 16.0 Å². The highest BCUT2D eigenvalue weighted by atomic mass is 35.5. The fourth-order valence-electron chi connectivity index (χ4n) is 2.56. The molecular weight excluding hydrogens is 359 g/mol. The van der Waals surface area contributed by atoms with E-state index in [-0.39, 0.29) is 17.1 Å². The number of imidazole rings is 1. The van der Waals surface area contributed by atoms with Gasteiger partial charge in [0.05, 0.1) is 11.8 Å². The SMILES string of the molecule is O=C(NCc1c(F)cccc1Cl)c1coc(-c2cnc3cccnn23)c1. The van der Waals surface area contributed by atoms with Gasteiger partial charge in [0.15, 0.2) is 11.4 Å². The lowest BCUT2D eigenvalue weighted by Crippen LogP contribution is -2.23. The maximum atomic E-state index is 13.8. The van der Waals surface area contributed by atoms with Crippen LogP contribution in [0.15, 0.2) is 59.5 Å². The van der Waals surface area contributed by atoms with E-state index < -0.39 is 11.7 Å². The summed E-state index contributed by atoms with van der Waals surface area (Å²) in [7, 11) is 0. The number of fused-ring (bicyclic) bond motifs is 1. The monoisotopic (exact) mass is 370 g/mol. The van der Waals surface area contributed by atoms with Gasteiger partial charge in [-0.1, -0.05) is 17.7 Å². The lowest BCUT2D eigenvalue weighted by molar-refractivity contribution is 0.0950. The van der Waals surface area contributed by atoms with Gasteiger partial charge >= 0.3 is 0 Å². The quantitative estimate of drug-likeness (QED) is 0.594. The van der Waals surface area contributed by atoms with Crippen LogP contribution in [0.25, 0.3) is 17.1 Å². The van der Waals surface area contributed by atoms with Gasteiger partial charge in [-0.25, -0.2) is 13.9 Å². The van der Waals surface area contributed by atoms with Crippen molar-refractivity contribution >= 4 is 23.2 Å². The van der Waals surface area contributed by atoms with Crippen molar-refractivity contribution in [1.82, 2.24) is 19.9 Å². The van der Waals surface area contributed by atoms with Crippen molar-refractivity contribution in [2.75, 3.05) is 0 Å². The molecule has 0 aliphatic carbocycles. The molecule has 1 amide bonds. The van der Waals surface area contributed by atoms with Gasteiger partial charge in [0, 0.05) is 23.3 Å². The number of carbonyl (C=O) groups is 1. The molecule has 0 fully saturated rings. The highest BCUT2D eigenvalue weighted by Gasteiger charge is 2.16. The summed E-state index contributed by atoms with van der Waals surface area (Å²) in [6, 6.07) is 9.54. The first kappa shape index (κ1) is 16.3. The first-order chi connectivity index (χ1) is 12.6. The molecule has 4 rings (SSSR count). The van der Waals surface area contributed by atoms with Crippen LogP contribution in [0.5, 0.6) is 0 Å². The smallest absolute Gasteiger partial charge is 0.254 e. The van der Waals surface area contributed by atoms with Crippen molar-refractivity contribution < 1.29 is 13.6 Å². The molecule has 8 heteroatoms. The lowest BCUT2D eigenvalue weighted by atomic mass is 10.2. The zero-order chi connectivity index (χ0) is 18.1. The minimum atomic E-state index is -0.470. The summed E-state index contributed by atoms with van der Waals surface area (Å²) in [5.74, 6) is -0.422. The van der Waals surface area contributed by atoms with Gasteiger partial charge in [0.1, 0.15) is 17.8 Å². The number of carbonyl (C=O) groups excluding carboxylic acids is 1. The number of nitrogens with one attached hydrogen (secondary N) is 1. The standard InChI is InChI=1S/C18H12ClFN4O2/c19-13-3-1-4-14(20)12(13)8-22-18(25)11-7-16(26-10-11)15-9-21-17-5-2-6-23-24(15)17/h1-7,9-10H,8H2,(H,22,25). The molecule has 3 heterocycles. The van der Waals surface area contributed by atoms with E-state index >= 15 is 0 Å². The Hall–Kier alpha value is -3.19. The molecule has 0 aliphatic rings. The van der Waals surface area contributed by atoms with Crippen LogP contribution in [0.3, 0.4) is 0 Å². The molecule has 1 aromatic carbocycles. The van der Waals surface area contributed by atoms with Gasteiger partial charge in [-0.15, -0.1) is 0 Å². The van der Waals surface area contributed by atoms with E-state index in [1.807, 2.05) is 6.07 Å². The molecule has 0 radical (unpaired) electrons. The Kier molecular flexibility index (Phi) is 4.14. The molecule has 6 nitrogen and oxygen atoms in total. The molecule has 130 valence electrons. The Morgan fingerprint density at radius 2 is 2.19 bits per heavy atom. The summed E-state index contributed by atoms with van der Waals surface area (Å²) >= 11 is 5.96. The summed E-state index contributed by atoms with van der Waals surface area (Å²) in [5, 5.41) is 7.09. The minimum Gasteiger partial charge on any atom is -0.462 e. The maximum absolute atomic E-state index is 13.8. The average Bonchev–Trinajstić information content (AvgIpc) is 3.28.